The van der Waals surface area contributed by atoms with Crippen molar-refractivity contribution in [2.24, 2.45) is 0 Å². The molecule has 2 aromatic heterocycles. The zero-order valence-electron chi connectivity index (χ0n) is 11.0. The summed E-state index contributed by atoms with van der Waals surface area (Å²) in [6.07, 6.45) is 0.183. The average Bonchev–Trinajstić information content (AvgIpc) is 2.97. The Kier molecular flexibility index (Phi) is 3.47. The van der Waals surface area contributed by atoms with Gasteiger partial charge in [-0.05, 0) is 19.1 Å². The van der Waals surface area contributed by atoms with Gasteiger partial charge in [-0.15, -0.1) is 10.2 Å². The molecule has 0 radical (unpaired) electrons. The Hall–Kier alpha value is -1.11. The van der Waals surface area contributed by atoms with E-state index in [-0.39, 0.29) is 6.10 Å². The highest BCUT2D eigenvalue weighted by Gasteiger charge is 2.18. The van der Waals surface area contributed by atoms with Crippen LogP contribution in [0.4, 0.5) is 0 Å². The molecule has 0 aliphatic rings. The first-order valence-electron chi connectivity index (χ1n) is 6.13. The van der Waals surface area contributed by atoms with E-state index >= 15 is 0 Å². The van der Waals surface area contributed by atoms with E-state index in [0.717, 1.165) is 10.1 Å². The fourth-order valence-electron chi connectivity index (χ4n) is 1.89. The largest absolute Gasteiger partial charge is 0.381 e. The number of rotatable bonds is 4. The van der Waals surface area contributed by atoms with Crippen LogP contribution < -0.4 is 0 Å². The summed E-state index contributed by atoms with van der Waals surface area (Å²) in [6.45, 7) is 4.22. The molecular weight excluding hydrogens is 278 g/mol. The van der Waals surface area contributed by atoms with Crippen LogP contribution in [0, 0.1) is 0 Å². The van der Waals surface area contributed by atoms with Crippen molar-refractivity contribution < 1.29 is 4.74 Å². The van der Waals surface area contributed by atoms with Crippen molar-refractivity contribution in [1.82, 2.24) is 14.6 Å². The van der Waals surface area contributed by atoms with Crippen LogP contribution in [0.5, 0.6) is 0 Å². The highest BCUT2D eigenvalue weighted by Crippen LogP contribution is 2.31. The molecule has 0 amide bonds. The van der Waals surface area contributed by atoms with Crippen LogP contribution >= 0.6 is 23.1 Å². The molecule has 3 aromatic rings. The molecule has 0 saturated carbocycles. The average molecular weight is 293 g/mol. The molecule has 100 valence electrons. The quantitative estimate of drug-likeness (QED) is 0.691. The minimum atomic E-state index is 0.183. The zero-order chi connectivity index (χ0) is 13.4. The molecule has 4 nitrogen and oxygen atoms in total. The third kappa shape index (κ3) is 2.24. The summed E-state index contributed by atoms with van der Waals surface area (Å²) in [5, 5.41) is 9.82. The number of para-hydroxylation sites is 1. The molecule has 2 unspecified atom stereocenters. The lowest BCUT2D eigenvalue weighted by atomic mass is 10.3. The summed E-state index contributed by atoms with van der Waals surface area (Å²) >= 11 is 3.37. The van der Waals surface area contributed by atoms with Gasteiger partial charge >= 0.3 is 0 Å². The molecule has 19 heavy (non-hydrogen) atoms. The lowest BCUT2D eigenvalue weighted by Gasteiger charge is -2.16. The number of fused-ring (bicyclic) bond motifs is 3. The maximum atomic E-state index is 5.37. The predicted octanol–water partition coefficient (Wildman–Crippen LogP) is 3.46. The third-order valence-electron chi connectivity index (χ3n) is 3.24. The predicted molar refractivity (Wildman–Crippen MR) is 80.2 cm³/mol. The van der Waals surface area contributed by atoms with Gasteiger partial charge in [-0.2, -0.15) is 0 Å². The molecule has 1 aromatic carbocycles. The second-order valence-electron chi connectivity index (χ2n) is 4.43. The van der Waals surface area contributed by atoms with Crippen LogP contribution in [0.25, 0.3) is 15.2 Å². The Morgan fingerprint density at radius 2 is 2.05 bits per heavy atom. The standard InChI is InChI=1S/C13H15N3OS2/c1-8(17-3)9(2)18-12-14-15-13-16(12)10-6-4-5-7-11(10)19-13/h4-9H,1-3H3. The molecule has 0 aliphatic heterocycles. The minimum Gasteiger partial charge on any atom is -0.381 e. The molecule has 2 atom stereocenters. The Labute approximate surface area is 119 Å². The van der Waals surface area contributed by atoms with E-state index < -0.39 is 0 Å². The molecular formula is C13H15N3OS2. The van der Waals surface area contributed by atoms with Gasteiger partial charge in [0.1, 0.15) is 0 Å². The van der Waals surface area contributed by atoms with Gasteiger partial charge in [0.2, 0.25) is 4.96 Å². The van der Waals surface area contributed by atoms with Crippen LogP contribution in [-0.2, 0) is 4.74 Å². The second-order valence-corrected chi connectivity index (χ2v) is 6.79. The van der Waals surface area contributed by atoms with Gasteiger partial charge in [0.25, 0.3) is 0 Å². The van der Waals surface area contributed by atoms with Crippen molar-refractivity contribution in [1.29, 1.82) is 0 Å². The molecule has 6 heteroatoms. The highest BCUT2D eigenvalue weighted by atomic mass is 32.2. The van der Waals surface area contributed by atoms with Crippen molar-refractivity contribution in [2.75, 3.05) is 7.11 Å². The van der Waals surface area contributed by atoms with Gasteiger partial charge in [0, 0.05) is 12.4 Å². The minimum absolute atomic E-state index is 0.183. The van der Waals surface area contributed by atoms with E-state index in [1.165, 1.54) is 10.2 Å². The zero-order valence-corrected chi connectivity index (χ0v) is 12.7. The Balaban J connectivity index is 2.04. The maximum absolute atomic E-state index is 5.37. The van der Waals surface area contributed by atoms with E-state index in [4.69, 9.17) is 4.74 Å². The van der Waals surface area contributed by atoms with E-state index in [9.17, 15) is 0 Å². The summed E-state index contributed by atoms with van der Waals surface area (Å²) in [5.74, 6) is 0. The van der Waals surface area contributed by atoms with Crippen molar-refractivity contribution >= 4 is 38.3 Å². The fourth-order valence-corrected chi connectivity index (χ4v) is 3.92. The Bertz CT molecular complexity index is 706. The van der Waals surface area contributed by atoms with Crippen molar-refractivity contribution in [3.05, 3.63) is 24.3 Å². The van der Waals surface area contributed by atoms with Crippen LogP contribution in [-0.4, -0.2) is 33.1 Å². The Morgan fingerprint density at radius 1 is 1.26 bits per heavy atom. The SMILES string of the molecule is COC(C)C(C)Sc1nnc2sc3ccccc3n12. The number of methoxy groups -OCH3 is 1. The second kappa shape index (κ2) is 5.11. The first-order chi connectivity index (χ1) is 9.20. The first kappa shape index (κ1) is 12.9. The van der Waals surface area contributed by atoms with E-state index in [1.807, 2.05) is 12.1 Å². The number of thioether (sulfide) groups is 1. The van der Waals surface area contributed by atoms with Gasteiger partial charge in [0.05, 0.1) is 16.3 Å². The topological polar surface area (TPSA) is 39.4 Å². The molecule has 0 spiro atoms. The molecule has 0 N–H and O–H groups in total. The van der Waals surface area contributed by atoms with Crippen molar-refractivity contribution in [2.45, 2.75) is 30.4 Å². The van der Waals surface area contributed by atoms with Crippen LogP contribution in [0.2, 0.25) is 0 Å². The van der Waals surface area contributed by atoms with Crippen molar-refractivity contribution in [3.8, 4) is 0 Å². The maximum Gasteiger partial charge on any atom is 0.217 e. The molecule has 0 aliphatic carbocycles. The molecule has 3 rings (SSSR count). The lowest BCUT2D eigenvalue weighted by molar-refractivity contribution is 0.119. The summed E-state index contributed by atoms with van der Waals surface area (Å²) in [5.41, 5.74) is 1.17. The highest BCUT2D eigenvalue weighted by molar-refractivity contribution is 7.99. The normalized spacial score (nSPS) is 15.1. The van der Waals surface area contributed by atoms with E-state index in [0.29, 0.717) is 5.25 Å². The lowest BCUT2D eigenvalue weighted by Crippen LogP contribution is -2.18. The summed E-state index contributed by atoms with van der Waals surface area (Å²) < 4.78 is 8.73. The van der Waals surface area contributed by atoms with Crippen molar-refractivity contribution in [3.63, 3.8) is 0 Å². The summed E-state index contributed by atoms with van der Waals surface area (Å²) in [6, 6.07) is 8.32. The van der Waals surface area contributed by atoms with Crippen LogP contribution in [0.15, 0.2) is 29.4 Å². The number of hydrogen-bond donors (Lipinski definition) is 0. The van der Waals surface area contributed by atoms with E-state index in [2.05, 4.69) is 40.6 Å². The monoisotopic (exact) mass is 293 g/mol. The van der Waals surface area contributed by atoms with Gasteiger partial charge in [-0.1, -0.05) is 42.2 Å². The fraction of sp³-hybridized carbons (Fsp3) is 0.385. The number of benzene rings is 1. The van der Waals surface area contributed by atoms with Gasteiger partial charge in [-0.25, -0.2) is 0 Å². The Morgan fingerprint density at radius 3 is 2.84 bits per heavy atom. The first-order valence-corrected chi connectivity index (χ1v) is 7.82. The molecule has 2 heterocycles. The van der Waals surface area contributed by atoms with Gasteiger partial charge < -0.3 is 4.74 Å². The summed E-state index contributed by atoms with van der Waals surface area (Å²) in [4.78, 5) is 0.945. The molecule has 0 bridgehead atoms. The summed E-state index contributed by atoms with van der Waals surface area (Å²) in [7, 11) is 1.74. The number of thiazole rings is 1. The number of ether oxygens (including phenoxy) is 1. The number of aromatic nitrogens is 3. The molecule has 0 fully saturated rings. The number of hydrogen-bond acceptors (Lipinski definition) is 5. The van der Waals surface area contributed by atoms with E-state index in [1.54, 1.807) is 30.2 Å². The van der Waals surface area contributed by atoms with Crippen LogP contribution in [0.3, 0.4) is 0 Å². The molecule has 0 saturated heterocycles. The van der Waals surface area contributed by atoms with Crippen LogP contribution in [0.1, 0.15) is 13.8 Å². The van der Waals surface area contributed by atoms with Gasteiger partial charge in [-0.3, -0.25) is 4.40 Å². The van der Waals surface area contributed by atoms with Gasteiger partial charge in [0.15, 0.2) is 5.16 Å². The smallest absolute Gasteiger partial charge is 0.217 e. The number of nitrogens with zero attached hydrogens (tertiary/aromatic N) is 3. The third-order valence-corrected chi connectivity index (χ3v) is 5.48.